The van der Waals surface area contributed by atoms with Crippen molar-refractivity contribution in [2.24, 2.45) is 5.10 Å². The number of nitrogens with zero attached hydrogens (tertiary/aromatic N) is 1. The monoisotopic (exact) mass is 436 g/mol. The molecule has 3 aromatic rings. The Hall–Kier alpha value is -2.92. The third-order valence-corrected chi connectivity index (χ3v) is 5.00. The van der Waals surface area contributed by atoms with Crippen LogP contribution in [0.1, 0.15) is 18.9 Å². The lowest BCUT2D eigenvalue weighted by atomic mass is 10.1. The zero-order valence-corrected chi connectivity index (χ0v) is 17.1. The van der Waals surface area contributed by atoms with E-state index in [-0.39, 0.29) is 5.91 Å². The highest BCUT2D eigenvalue weighted by Crippen LogP contribution is 2.33. The number of nitrogens with one attached hydrogen (secondary N) is 1. The number of amides is 1. The van der Waals surface area contributed by atoms with Crippen LogP contribution in [0.5, 0.6) is 5.75 Å². The average Bonchev–Trinajstić information content (AvgIpc) is 2.74. The van der Waals surface area contributed by atoms with Gasteiger partial charge in [0.05, 0.1) is 4.47 Å². The molecule has 3 aromatic carbocycles. The number of hydrogen-bond donors (Lipinski definition) is 1. The summed E-state index contributed by atoms with van der Waals surface area (Å²) in [6.07, 6.45) is 5.13. The molecule has 1 N–H and O–H groups in total. The molecule has 0 aromatic heterocycles. The van der Waals surface area contributed by atoms with Crippen molar-refractivity contribution >= 4 is 44.9 Å². The summed E-state index contributed by atoms with van der Waals surface area (Å²) in [5.74, 6) is 0.348. The Morgan fingerprint density at radius 1 is 1.11 bits per heavy atom. The Labute approximate surface area is 173 Å². The van der Waals surface area contributed by atoms with Crippen LogP contribution in [-0.4, -0.2) is 18.2 Å². The van der Waals surface area contributed by atoms with Gasteiger partial charge in [-0.25, -0.2) is 5.43 Å². The second-order valence-corrected chi connectivity index (χ2v) is 6.93. The number of allylic oxidation sites excluding steroid dienone is 1. The van der Waals surface area contributed by atoms with E-state index < -0.39 is 6.10 Å². The fraction of sp³-hybridized carbons (Fsp3) is 0.130. The van der Waals surface area contributed by atoms with Crippen LogP contribution in [0, 0.1) is 0 Å². The van der Waals surface area contributed by atoms with Crippen LogP contribution in [0.4, 0.5) is 0 Å². The number of hydrazone groups is 1. The molecule has 0 saturated heterocycles. The lowest BCUT2D eigenvalue weighted by molar-refractivity contribution is -0.128. The third kappa shape index (κ3) is 5.08. The van der Waals surface area contributed by atoms with E-state index in [9.17, 15) is 4.79 Å². The summed E-state index contributed by atoms with van der Waals surface area (Å²) in [4.78, 5) is 12.4. The highest BCUT2D eigenvalue weighted by molar-refractivity contribution is 9.10. The maximum atomic E-state index is 12.4. The molecule has 0 bridgehead atoms. The molecule has 0 unspecified atom stereocenters. The van der Waals surface area contributed by atoms with E-state index >= 15 is 0 Å². The standard InChI is InChI=1S/C23H21BrN2O2/c1-2-20(23(27)26-25-16-8-11-17-9-4-3-5-10-17)28-21-15-14-18-12-6-7-13-19(18)22(21)24/h3-16,20H,2H2,1H3,(H,26,27)/b11-8+,25-16?/t20-/m0/s1. The molecule has 0 heterocycles. The minimum Gasteiger partial charge on any atom is -0.479 e. The maximum absolute atomic E-state index is 12.4. The van der Waals surface area contributed by atoms with E-state index in [4.69, 9.17) is 4.74 Å². The predicted molar refractivity (Wildman–Crippen MR) is 118 cm³/mol. The molecule has 0 radical (unpaired) electrons. The fourth-order valence-corrected chi connectivity index (χ4v) is 3.30. The number of fused-ring (bicyclic) bond motifs is 1. The molecule has 5 heteroatoms. The molecule has 0 aliphatic rings. The van der Waals surface area contributed by atoms with Crippen molar-refractivity contribution < 1.29 is 9.53 Å². The maximum Gasteiger partial charge on any atom is 0.281 e. The van der Waals surface area contributed by atoms with E-state index in [1.165, 1.54) is 0 Å². The Balaban J connectivity index is 1.61. The number of carbonyl (C=O) groups is 1. The first-order valence-corrected chi connectivity index (χ1v) is 9.87. The van der Waals surface area contributed by atoms with Crippen molar-refractivity contribution in [2.45, 2.75) is 19.4 Å². The Morgan fingerprint density at radius 2 is 1.86 bits per heavy atom. The first-order valence-electron chi connectivity index (χ1n) is 9.07. The molecule has 0 saturated carbocycles. The summed E-state index contributed by atoms with van der Waals surface area (Å²) < 4.78 is 6.78. The van der Waals surface area contributed by atoms with Crippen molar-refractivity contribution in [1.82, 2.24) is 5.43 Å². The molecular weight excluding hydrogens is 416 g/mol. The zero-order chi connectivity index (χ0) is 19.8. The van der Waals surface area contributed by atoms with E-state index in [0.717, 1.165) is 20.8 Å². The van der Waals surface area contributed by atoms with Crippen molar-refractivity contribution in [1.29, 1.82) is 0 Å². The molecule has 28 heavy (non-hydrogen) atoms. The van der Waals surface area contributed by atoms with Gasteiger partial charge in [-0.15, -0.1) is 0 Å². The summed E-state index contributed by atoms with van der Waals surface area (Å²) in [7, 11) is 0. The van der Waals surface area contributed by atoms with E-state index in [0.29, 0.717) is 12.2 Å². The number of rotatable bonds is 7. The molecule has 0 aliphatic carbocycles. The summed E-state index contributed by atoms with van der Waals surface area (Å²) in [5, 5.41) is 6.11. The predicted octanol–water partition coefficient (Wildman–Crippen LogP) is 5.58. The Kier molecular flexibility index (Phi) is 6.98. The number of hydrogen-bond acceptors (Lipinski definition) is 3. The highest BCUT2D eigenvalue weighted by atomic mass is 79.9. The van der Waals surface area contributed by atoms with Gasteiger partial charge in [0.15, 0.2) is 6.10 Å². The van der Waals surface area contributed by atoms with Gasteiger partial charge < -0.3 is 4.74 Å². The first kappa shape index (κ1) is 19.8. The molecule has 4 nitrogen and oxygen atoms in total. The van der Waals surface area contributed by atoms with Crippen molar-refractivity contribution in [3.63, 3.8) is 0 Å². The minimum atomic E-state index is -0.632. The molecule has 0 fully saturated rings. The van der Waals surface area contributed by atoms with Crippen LogP contribution in [-0.2, 0) is 4.79 Å². The van der Waals surface area contributed by atoms with Crippen LogP contribution in [0.25, 0.3) is 16.8 Å². The van der Waals surface area contributed by atoms with Crippen molar-refractivity contribution in [2.75, 3.05) is 0 Å². The Bertz CT molecular complexity index is 1000. The number of ether oxygens (including phenoxy) is 1. The number of carbonyl (C=O) groups excluding carboxylic acids is 1. The molecule has 1 amide bonds. The third-order valence-electron chi connectivity index (χ3n) is 4.18. The second-order valence-electron chi connectivity index (χ2n) is 6.14. The van der Waals surface area contributed by atoms with E-state index in [2.05, 4.69) is 26.5 Å². The summed E-state index contributed by atoms with van der Waals surface area (Å²) >= 11 is 3.59. The van der Waals surface area contributed by atoms with Crippen LogP contribution >= 0.6 is 15.9 Å². The van der Waals surface area contributed by atoms with Gasteiger partial charge in [0, 0.05) is 6.21 Å². The summed E-state index contributed by atoms with van der Waals surface area (Å²) in [5.41, 5.74) is 3.60. The van der Waals surface area contributed by atoms with Gasteiger partial charge in [0.25, 0.3) is 5.91 Å². The van der Waals surface area contributed by atoms with Crippen LogP contribution < -0.4 is 10.2 Å². The van der Waals surface area contributed by atoms with Gasteiger partial charge in [-0.1, -0.05) is 73.7 Å². The van der Waals surface area contributed by atoms with E-state index in [1.807, 2.05) is 79.7 Å². The zero-order valence-electron chi connectivity index (χ0n) is 15.5. The minimum absolute atomic E-state index is 0.285. The largest absolute Gasteiger partial charge is 0.479 e. The second kappa shape index (κ2) is 9.85. The van der Waals surface area contributed by atoms with Crippen LogP contribution in [0.3, 0.4) is 0 Å². The Morgan fingerprint density at radius 3 is 2.64 bits per heavy atom. The normalized spacial score (nSPS) is 12.5. The van der Waals surface area contributed by atoms with Crippen molar-refractivity contribution in [3.8, 4) is 5.75 Å². The number of benzene rings is 3. The average molecular weight is 437 g/mol. The smallest absolute Gasteiger partial charge is 0.281 e. The highest BCUT2D eigenvalue weighted by Gasteiger charge is 2.19. The fourth-order valence-electron chi connectivity index (χ4n) is 2.71. The van der Waals surface area contributed by atoms with E-state index in [1.54, 1.807) is 12.3 Å². The van der Waals surface area contributed by atoms with Gasteiger partial charge in [-0.05, 0) is 50.8 Å². The van der Waals surface area contributed by atoms with Crippen LogP contribution in [0.15, 0.2) is 82.4 Å². The molecule has 1 atom stereocenters. The molecular formula is C23H21BrN2O2. The molecule has 0 aliphatic heterocycles. The van der Waals surface area contributed by atoms with Gasteiger partial charge in [0.1, 0.15) is 5.75 Å². The van der Waals surface area contributed by atoms with Gasteiger partial charge in [0.2, 0.25) is 0 Å². The molecule has 142 valence electrons. The lowest BCUT2D eigenvalue weighted by Gasteiger charge is -2.17. The quantitative estimate of drug-likeness (QED) is 0.388. The number of halogens is 1. The SMILES string of the molecule is CC[C@H](Oc1ccc2ccccc2c1Br)C(=O)NN=C/C=C/c1ccccc1. The summed E-state index contributed by atoms with van der Waals surface area (Å²) in [6.45, 7) is 1.90. The molecule has 0 spiro atoms. The van der Waals surface area contributed by atoms with Gasteiger partial charge >= 0.3 is 0 Å². The van der Waals surface area contributed by atoms with Crippen LogP contribution in [0.2, 0.25) is 0 Å². The first-order chi connectivity index (χ1) is 13.7. The molecule has 3 rings (SSSR count). The van der Waals surface area contributed by atoms with Crippen molar-refractivity contribution in [3.05, 3.63) is 82.8 Å². The van der Waals surface area contributed by atoms with Gasteiger partial charge in [-0.2, -0.15) is 5.10 Å². The summed E-state index contributed by atoms with van der Waals surface area (Å²) in [6, 6.07) is 21.7. The lowest BCUT2D eigenvalue weighted by Crippen LogP contribution is -2.35. The van der Waals surface area contributed by atoms with Gasteiger partial charge in [-0.3, -0.25) is 4.79 Å². The topological polar surface area (TPSA) is 50.7 Å².